The molecular formula is C26H22N2O7S2. The van der Waals surface area contributed by atoms with Gasteiger partial charge in [-0.05, 0) is 66.9 Å². The number of methoxy groups -OCH3 is 1. The van der Waals surface area contributed by atoms with Gasteiger partial charge in [0.25, 0.3) is 11.6 Å². The predicted octanol–water partition coefficient (Wildman–Crippen LogP) is 5.06. The van der Waals surface area contributed by atoms with Crippen LogP contribution in [0.15, 0.2) is 69.3 Å². The lowest BCUT2D eigenvalue weighted by molar-refractivity contribution is -0.385. The number of nitro benzene ring substituents is 1. The number of ether oxygens (including phenoxy) is 1. The van der Waals surface area contributed by atoms with Crippen LogP contribution in [0.5, 0.6) is 0 Å². The fraction of sp³-hybridized carbons (Fsp3) is 0.154. The second-order valence-corrected chi connectivity index (χ2v) is 11.4. The minimum Gasteiger partial charge on any atom is -0.465 e. The first kappa shape index (κ1) is 26.1. The summed E-state index contributed by atoms with van der Waals surface area (Å²) < 4.78 is 31.1. The van der Waals surface area contributed by atoms with E-state index in [1.807, 2.05) is 32.0 Å². The molecule has 0 spiro atoms. The summed E-state index contributed by atoms with van der Waals surface area (Å²) in [5, 5.41) is 14.3. The molecule has 0 atom stereocenters. The number of hydrogen-bond acceptors (Lipinski definition) is 8. The number of hydrogen-bond donors (Lipinski definition) is 1. The van der Waals surface area contributed by atoms with Gasteiger partial charge in [-0.1, -0.05) is 30.0 Å². The van der Waals surface area contributed by atoms with Crippen LogP contribution in [-0.4, -0.2) is 32.3 Å². The lowest BCUT2D eigenvalue weighted by Gasteiger charge is -2.20. The Morgan fingerprint density at radius 3 is 2.46 bits per heavy atom. The monoisotopic (exact) mass is 538 g/mol. The van der Waals surface area contributed by atoms with Crippen molar-refractivity contribution < 1.29 is 27.7 Å². The highest BCUT2D eigenvalue weighted by Gasteiger charge is 2.26. The summed E-state index contributed by atoms with van der Waals surface area (Å²) in [7, 11) is -2.53. The van der Waals surface area contributed by atoms with Crippen LogP contribution >= 0.6 is 11.8 Å². The van der Waals surface area contributed by atoms with Crippen LogP contribution in [0.25, 0.3) is 6.08 Å². The number of nitrogens with one attached hydrogen (secondary N) is 1. The number of benzene rings is 3. The SMILES string of the molecule is COC(=O)c1ccc(/C=C2/Sc3cc(S(=O)(=O)Cc4c(C)cccc4C)ccc3NC2=O)c([N+](=O)[O-])c1. The van der Waals surface area contributed by atoms with E-state index in [1.165, 1.54) is 43.5 Å². The lowest BCUT2D eigenvalue weighted by atomic mass is 10.1. The van der Waals surface area contributed by atoms with Crippen molar-refractivity contribution in [2.45, 2.75) is 29.4 Å². The van der Waals surface area contributed by atoms with E-state index in [0.29, 0.717) is 10.6 Å². The Hall–Kier alpha value is -3.96. The van der Waals surface area contributed by atoms with Crippen molar-refractivity contribution >= 4 is 50.9 Å². The van der Waals surface area contributed by atoms with Gasteiger partial charge in [0.1, 0.15) is 0 Å². The quantitative estimate of drug-likeness (QED) is 0.199. The first-order valence-electron chi connectivity index (χ1n) is 11.0. The zero-order valence-corrected chi connectivity index (χ0v) is 21.7. The lowest BCUT2D eigenvalue weighted by Crippen LogP contribution is -2.18. The molecule has 1 amide bonds. The fourth-order valence-corrected chi connectivity index (χ4v) is 6.52. The van der Waals surface area contributed by atoms with Crippen molar-refractivity contribution in [1.82, 2.24) is 0 Å². The Labute approximate surface area is 217 Å². The highest BCUT2D eigenvalue weighted by atomic mass is 32.2. The van der Waals surface area contributed by atoms with Crippen molar-refractivity contribution in [2.24, 2.45) is 0 Å². The molecule has 0 aliphatic carbocycles. The van der Waals surface area contributed by atoms with Crippen molar-refractivity contribution in [3.8, 4) is 0 Å². The predicted molar refractivity (Wildman–Crippen MR) is 140 cm³/mol. The maximum atomic E-state index is 13.2. The molecule has 1 aliphatic rings. The maximum Gasteiger partial charge on any atom is 0.338 e. The molecule has 11 heteroatoms. The van der Waals surface area contributed by atoms with Gasteiger partial charge in [0.2, 0.25) is 0 Å². The number of amides is 1. The number of thioether (sulfide) groups is 1. The van der Waals surface area contributed by atoms with E-state index in [1.54, 1.807) is 0 Å². The summed E-state index contributed by atoms with van der Waals surface area (Å²) in [5.41, 5.74) is 2.68. The molecule has 0 bridgehead atoms. The Kier molecular flexibility index (Phi) is 7.19. The second kappa shape index (κ2) is 10.2. The van der Waals surface area contributed by atoms with E-state index in [4.69, 9.17) is 0 Å². The van der Waals surface area contributed by atoms with Gasteiger partial charge in [0, 0.05) is 11.0 Å². The maximum absolute atomic E-state index is 13.2. The third-order valence-corrected chi connectivity index (χ3v) is 8.64. The fourth-order valence-electron chi connectivity index (χ4n) is 3.89. The topological polar surface area (TPSA) is 133 Å². The van der Waals surface area contributed by atoms with Gasteiger partial charge < -0.3 is 10.1 Å². The largest absolute Gasteiger partial charge is 0.465 e. The van der Waals surface area contributed by atoms with Crippen molar-refractivity contribution in [1.29, 1.82) is 0 Å². The third kappa shape index (κ3) is 5.42. The van der Waals surface area contributed by atoms with Crippen LogP contribution < -0.4 is 5.32 Å². The summed E-state index contributed by atoms with van der Waals surface area (Å²) in [6.45, 7) is 3.73. The van der Waals surface area contributed by atoms with Gasteiger partial charge in [0.15, 0.2) is 9.84 Å². The molecule has 0 radical (unpaired) electrons. The van der Waals surface area contributed by atoms with E-state index in [0.717, 1.165) is 34.5 Å². The summed E-state index contributed by atoms with van der Waals surface area (Å²) in [4.78, 5) is 36.1. The van der Waals surface area contributed by atoms with Crippen molar-refractivity contribution in [3.05, 3.63) is 97.4 Å². The number of rotatable bonds is 6. The Balaban J connectivity index is 1.69. The van der Waals surface area contributed by atoms with Gasteiger partial charge in [-0.2, -0.15) is 0 Å². The van der Waals surface area contributed by atoms with Crippen LogP contribution in [0.3, 0.4) is 0 Å². The van der Waals surface area contributed by atoms with Crippen molar-refractivity contribution in [2.75, 3.05) is 12.4 Å². The molecule has 1 heterocycles. The molecular weight excluding hydrogens is 516 g/mol. The van der Waals surface area contributed by atoms with E-state index in [9.17, 15) is 28.1 Å². The number of carbonyl (C=O) groups is 2. The average Bonchev–Trinajstić information content (AvgIpc) is 2.86. The zero-order chi connectivity index (χ0) is 26.9. The molecule has 0 fully saturated rings. The summed E-state index contributed by atoms with van der Waals surface area (Å²) in [6.07, 6.45) is 1.33. The second-order valence-electron chi connectivity index (χ2n) is 8.37. The van der Waals surface area contributed by atoms with Gasteiger partial charge >= 0.3 is 5.97 Å². The minimum absolute atomic E-state index is 0.00109. The summed E-state index contributed by atoms with van der Waals surface area (Å²) in [5.74, 6) is -1.38. The highest BCUT2D eigenvalue weighted by molar-refractivity contribution is 8.04. The smallest absolute Gasteiger partial charge is 0.338 e. The molecule has 3 aromatic carbocycles. The van der Waals surface area contributed by atoms with E-state index in [2.05, 4.69) is 10.1 Å². The first-order chi connectivity index (χ1) is 17.5. The third-order valence-electron chi connectivity index (χ3n) is 5.92. The first-order valence-corrected chi connectivity index (χ1v) is 13.5. The average molecular weight is 539 g/mol. The number of fused-ring (bicyclic) bond motifs is 1. The number of nitrogens with zero attached hydrogens (tertiary/aromatic N) is 1. The molecule has 0 saturated carbocycles. The van der Waals surface area contributed by atoms with Crippen LogP contribution in [0.1, 0.15) is 32.6 Å². The van der Waals surface area contributed by atoms with Crippen LogP contribution in [-0.2, 0) is 25.1 Å². The van der Waals surface area contributed by atoms with E-state index in [-0.39, 0.29) is 32.4 Å². The molecule has 37 heavy (non-hydrogen) atoms. The molecule has 3 aromatic rings. The van der Waals surface area contributed by atoms with Gasteiger partial charge in [-0.25, -0.2) is 13.2 Å². The molecule has 4 rings (SSSR count). The normalized spacial score (nSPS) is 14.1. The molecule has 9 nitrogen and oxygen atoms in total. The van der Waals surface area contributed by atoms with E-state index >= 15 is 0 Å². The van der Waals surface area contributed by atoms with E-state index < -0.39 is 26.6 Å². The molecule has 0 aromatic heterocycles. The zero-order valence-electron chi connectivity index (χ0n) is 20.1. The standard InChI is InChI=1S/C26H22N2O7S2/c1-15-5-4-6-16(2)20(15)14-37(33,34)19-9-10-21-23(13-19)36-24(25(29)27-21)12-17-7-8-18(26(30)35-3)11-22(17)28(31)32/h4-13H,14H2,1-3H3,(H,27,29)/b24-12+. The van der Waals surface area contributed by atoms with Crippen LogP contribution in [0.4, 0.5) is 11.4 Å². The van der Waals surface area contributed by atoms with Crippen LogP contribution in [0.2, 0.25) is 0 Å². The Morgan fingerprint density at radius 1 is 1.11 bits per heavy atom. The number of carbonyl (C=O) groups excluding carboxylic acids is 2. The summed E-state index contributed by atoms with van der Waals surface area (Å²) in [6, 6.07) is 13.9. The Morgan fingerprint density at radius 2 is 1.81 bits per heavy atom. The molecule has 1 N–H and O–H groups in total. The van der Waals surface area contributed by atoms with Crippen molar-refractivity contribution in [3.63, 3.8) is 0 Å². The molecule has 1 aliphatic heterocycles. The van der Waals surface area contributed by atoms with Gasteiger partial charge in [0.05, 0.1) is 44.4 Å². The minimum atomic E-state index is -3.69. The number of nitro groups is 1. The number of esters is 1. The number of sulfone groups is 1. The highest BCUT2D eigenvalue weighted by Crippen LogP contribution is 2.41. The van der Waals surface area contributed by atoms with Gasteiger partial charge in [-0.3, -0.25) is 14.9 Å². The molecule has 0 unspecified atom stereocenters. The van der Waals surface area contributed by atoms with Crippen LogP contribution in [0, 0.1) is 24.0 Å². The summed E-state index contributed by atoms with van der Waals surface area (Å²) >= 11 is 1.01. The molecule has 190 valence electrons. The Bertz CT molecular complexity index is 1570. The molecule has 0 saturated heterocycles. The number of aryl methyl sites for hydroxylation is 2. The number of anilines is 1. The van der Waals surface area contributed by atoms with Gasteiger partial charge in [-0.15, -0.1) is 0 Å².